The molecule has 0 atom stereocenters. The van der Waals surface area contributed by atoms with Crippen molar-refractivity contribution in [1.29, 1.82) is 0 Å². The summed E-state index contributed by atoms with van der Waals surface area (Å²) in [6, 6.07) is 1.90. The second-order valence-corrected chi connectivity index (χ2v) is 6.40. The summed E-state index contributed by atoms with van der Waals surface area (Å²) in [5.41, 5.74) is 2.30. The molecule has 3 heterocycles. The lowest BCUT2D eigenvalue weighted by Gasteiger charge is -2.33. The molecule has 1 aromatic heterocycles. The van der Waals surface area contributed by atoms with Crippen LogP contribution in [0.3, 0.4) is 0 Å². The summed E-state index contributed by atoms with van der Waals surface area (Å²) in [6.45, 7) is 9.11. The Morgan fingerprint density at radius 2 is 2.05 bits per heavy atom. The Bertz CT molecular complexity index is 520. The van der Waals surface area contributed by atoms with Crippen LogP contribution in [-0.2, 0) is 11.1 Å². The maximum Gasteiger partial charge on any atom is 0.433 e. The quantitative estimate of drug-likeness (QED) is 0.631. The number of rotatable bonds is 1. The monoisotopic (exact) mass is 261 g/mol. The largest absolute Gasteiger partial charge is 0.433 e. The Labute approximate surface area is 113 Å². The van der Waals surface area contributed by atoms with Crippen molar-refractivity contribution >= 4 is 18.6 Å². The first kappa shape index (κ1) is 12.8. The molecule has 1 amide bonds. The molecule has 0 unspecified atom stereocenters. The fraction of sp³-hybridized carbons (Fsp3) is 0.615. The molecule has 102 valence electrons. The average molecular weight is 261 g/mol. The molecule has 0 saturated carbocycles. The van der Waals surface area contributed by atoms with Gasteiger partial charge in [0, 0.05) is 29.8 Å². The van der Waals surface area contributed by atoms with E-state index in [0.29, 0.717) is 6.54 Å². The van der Waals surface area contributed by atoms with Crippen molar-refractivity contribution in [2.45, 2.75) is 45.3 Å². The van der Waals surface area contributed by atoms with Gasteiger partial charge in [0.05, 0.1) is 11.2 Å². The normalized spacial score (nSPS) is 24.2. The van der Waals surface area contributed by atoms with Gasteiger partial charge in [-0.05, 0) is 33.8 Å². The molecular formula is C13H20BN3O2. The number of carbonyl (C=O) groups is 1. The fourth-order valence-electron chi connectivity index (χ4n) is 2.57. The van der Waals surface area contributed by atoms with E-state index < -0.39 is 0 Å². The molecule has 3 N–H and O–H groups in total. The standard InChI is InChI=1S/C13H20BN3O2/c1-12(2)13(3,4)19-14(17-12)10-7-8-9(16-10)5-6-15-11(8)18/h7,16-17H,5-6H2,1-4H3,(H,15,18). The van der Waals surface area contributed by atoms with Crippen molar-refractivity contribution in [1.82, 2.24) is 15.5 Å². The molecule has 0 radical (unpaired) electrons. The van der Waals surface area contributed by atoms with Gasteiger partial charge in [-0.15, -0.1) is 0 Å². The topological polar surface area (TPSA) is 66.2 Å². The molecule has 6 heteroatoms. The zero-order valence-corrected chi connectivity index (χ0v) is 11.9. The van der Waals surface area contributed by atoms with Gasteiger partial charge in [0.2, 0.25) is 0 Å². The summed E-state index contributed by atoms with van der Waals surface area (Å²) in [5, 5.41) is 6.33. The molecule has 0 aliphatic carbocycles. The van der Waals surface area contributed by atoms with Gasteiger partial charge in [-0.2, -0.15) is 0 Å². The molecule has 0 bridgehead atoms. The highest BCUT2D eigenvalue weighted by Gasteiger charge is 2.50. The van der Waals surface area contributed by atoms with E-state index in [0.717, 1.165) is 23.3 Å². The minimum atomic E-state index is -0.258. The third kappa shape index (κ3) is 1.90. The SMILES string of the molecule is CC1(C)NB(c2cc3c([nH]2)CCNC3=O)OC1(C)C. The molecule has 0 aromatic carbocycles. The lowest BCUT2D eigenvalue weighted by Crippen LogP contribution is -2.51. The molecule has 1 aromatic rings. The number of nitrogens with one attached hydrogen (secondary N) is 3. The highest BCUT2D eigenvalue weighted by atomic mass is 16.5. The van der Waals surface area contributed by atoms with E-state index in [1.54, 1.807) is 0 Å². The number of fused-ring (bicyclic) bond motifs is 1. The number of aromatic nitrogens is 1. The summed E-state index contributed by atoms with van der Waals surface area (Å²) >= 11 is 0. The third-order valence-electron chi connectivity index (χ3n) is 4.52. The lowest BCUT2D eigenvalue weighted by molar-refractivity contribution is 0.0749. The van der Waals surface area contributed by atoms with Gasteiger partial charge < -0.3 is 20.2 Å². The van der Waals surface area contributed by atoms with Gasteiger partial charge in [0.1, 0.15) is 0 Å². The first-order valence-corrected chi connectivity index (χ1v) is 6.76. The third-order valence-corrected chi connectivity index (χ3v) is 4.52. The van der Waals surface area contributed by atoms with Crippen molar-refractivity contribution in [2.75, 3.05) is 6.54 Å². The minimum Gasteiger partial charge on any atom is -0.410 e. The van der Waals surface area contributed by atoms with E-state index in [1.807, 2.05) is 6.07 Å². The Balaban J connectivity index is 1.91. The number of carbonyl (C=O) groups excluding carboxylic acids is 1. The molecule has 1 saturated heterocycles. The van der Waals surface area contributed by atoms with Gasteiger partial charge >= 0.3 is 7.05 Å². The summed E-state index contributed by atoms with van der Waals surface area (Å²) in [7, 11) is -0.191. The molecular weight excluding hydrogens is 241 g/mol. The zero-order chi connectivity index (χ0) is 13.8. The van der Waals surface area contributed by atoms with Crippen molar-refractivity contribution in [2.24, 2.45) is 0 Å². The zero-order valence-electron chi connectivity index (χ0n) is 11.9. The molecule has 2 aliphatic rings. The summed E-state index contributed by atoms with van der Waals surface area (Å²) < 4.78 is 6.09. The predicted octanol–water partition coefficient (Wildman–Crippen LogP) is 0.173. The van der Waals surface area contributed by atoms with E-state index in [4.69, 9.17) is 4.65 Å². The first-order valence-electron chi connectivity index (χ1n) is 6.76. The van der Waals surface area contributed by atoms with Crippen LogP contribution in [0.4, 0.5) is 0 Å². The van der Waals surface area contributed by atoms with Crippen LogP contribution >= 0.6 is 0 Å². The molecule has 1 fully saturated rings. The van der Waals surface area contributed by atoms with Crippen molar-refractivity contribution in [3.8, 4) is 0 Å². The van der Waals surface area contributed by atoms with Crippen LogP contribution < -0.4 is 16.1 Å². The van der Waals surface area contributed by atoms with E-state index >= 15 is 0 Å². The van der Waals surface area contributed by atoms with Gasteiger partial charge in [0.15, 0.2) is 0 Å². The van der Waals surface area contributed by atoms with E-state index in [2.05, 4.69) is 43.2 Å². The van der Waals surface area contributed by atoms with Crippen LogP contribution in [0.5, 0.6) is 0 Å². The number of amides is 1. The highest BCUT2D eigenvalue weighted by molar-refractivity contribution is 6.65. The highest BCUT2D eigenvalue weighted by Crippen LogP contribution is 2.31. The Morgan fingerprint density at radius 3 is 2.63 bits per heavy atom. The Hall–Kier alpha value is -1.27. The second kappa shape index (κ2) is 3.87. The number of aromatic amines is 1. The summed E-state index contributed by atoms with van der Waals surface area (Å²) in [6.07, 6.45) is 0.848. The van der Waals surface area contributed by atoms with Crippen LogP contribution in [0, 0.1) is 0 Å². The summed E-state index contributed by atoms with van der Waals surface area (Å²) in [5.74, 6) is 0.000248. The van der Waals surface area contributed by atoms with E-state index in [9.17, 15) is 4.79 Å². The Morgan fingerprint density at radius 1 is 1.32 bits per heavy atom. The summed E-state index contributed by atoms with van der Waals surface area (Å²) in [4.78, 5) is 15.1. The smallest absolute Gasteiger partial charge is 0.410 e. The number of hydrogen-bond donors (Lipinski definition) is 3. The van der Waals surface area contributed by atoms with Crippen LogP contribution in [0.1, 0.15) is 43.7 Å². The molecule has 5 nitrogen and oxygen atoms in total. The maximum atomic E-state index is 11.8. The fourth-order valence-corrected chi connectivity index (χ4v) is 2.57. The van der Waals surface area contributed by atoms with E-state index in [-0.39, 0.29) is 24.1 Å². The second-order valence-electron chi connectivity index (χ2n) is 6.40. The number of H-pyrrole nitrogens is 1. The predicted molar refractivity (Wildman–Crippen MR) is 74.6 cm³/mol. The van der Waals surface area contributed by atoms with Crippen LogP contribution in [-0.4, -0.2) is 35.6 Å². The van der Waals surface area contributed by atoms with Gasteiger partial charge in [0.25, 0.3) is 5.91 Å². The van der Waals surface area contributed by atoms with Gasteiger partial charge in [-0.25, -0.2) is 0 Å². The van der Waals surface area contributed by atoms with Gasteiger partial charge in [-0.3, -0.25) is 4.79 Å². The van der Waals surface area contributed by atoms with Crippen molar-refractivity contribution in [3.63, 3.8) is 0 Å². The van der Waals surface area contributed by atoms with Crippen molar-refractivity contribution < 1.29 is 9.45 Å². The van der Waals surface area contributed by atoms with Crippen LogP contribution in [0.25, 0.3) is 0 Å². The average Bonchev–Trinajstić information content (AvgIpc) is 2.80. The first-order chi connectivity index (χ1) is 8.80. The molecule has 3 rings (SSSR count). The van der Waals surface area contributed by atoms with Gasteiger partial charge in [-0.1, -0.05) is 0 Å². The van der Waals surface area contributed by atoms with Crippen molar-refractivity contribution in [3.05, 3.63) is 17.3 Å². The minimum absolute atomic E-state index is 0.000248. The lowest BCUT2D eigenvalue weighted by atomic mass is 9.77. The molecule has 2 aliphatic heterocycles. The van der Waals surface area contributed by atoms with E-state index in [1.165, 1.54) is 0 Å². The van der Waals surface area contributed by atoms with Crippen LogP contribution in [0.15, 0.2) is 6.07 Å². The molecule has 0 spiro atoms. The van der Waals surface area contributed by atoms with Crippen LogP contribution in [0.2, 0.25) is 0 Å². The maximum absolute atomic E-state index is 11.8. The number of hydrogen-bond acceptors (Lipinski definition) is 3. The molecule has 19 heavy (non-hydrogen) atoms. The Kier molecular flexibility index (Phi) is 2.60.